The Hall–Kier alpha value is -3.28. The van der Waals surface area contributed by atoms with Gasteiger partial charge in [0.1, 0.15) is 5.82 Å². The molecule has 0 atom stereocenters. The van der Waals surface area contributed by atoms with Crippen LogP contribution >= 0.6 is 0 Å². The fourth-order valence-corrected chi connectivity index (χ4v) is 2.83. The Morgan fingerprint density at radius 1 is 0.960 bits per heavy atom. The fraction of sp³-hybridized carbons (Fsp3) is 0.158. The van der Waals surface area contributed by atoms with Crippen LogP contribution in [0.1, 0.15) is 22.9 Å². The number of hydrogen-bond acceptors (Lipinski definition) is 4. The molecule has 0 unspecified atom stereocenters. The van der Waals surface area contributed by atoms with Gasteiger partial charge in [0, 0.05) is 48.8 Å². The molecule has 0 N–H and O–H groups in total. The summed E-state index contributed by atoms with van der Waals surface area (Å²) in [5, 5.41) is 0. The van der Waals surface area contributed by atoms with Crippen LogP contribution in [0, 0.1) is 13.8 Å². The zero-order valence-electron chi connectivity index (χ0n) is 14.4. The van der Waals surface area contributed by atoms with E-state index in [1.54, 1.807) is 12.4 Å². The number of aryl methyl sites for hydroxylation is 3. The molecule has 0 radical (unpaired) electrons. The Bertz CT molecular complexity index is 1070. The van der Waals surface area contributed by atoms with E-state index in [9.17, 15) is 0 Å². The molecule has 0 amide bonds. The van der Waals surface area contributed by atoms with Gasteiger partial charge in [0.2, 0.25) is 5.78 Å². The SMILES string of the molecule is Cc1cc(C)n2cc(/C=C/c3nc(-c4ccncc4)cn3C)nc2n1. The minimum absolute atomic E-state index is 0.717. The van der Waals surface area contributed by atoms with Gasteiger partial charge in [-0.25, -0.2) is 15.0 Å². The number of pyridine rings is 1. The van der Waals surface area contributed by atoms with Crippen molar-refractivity contribution in [1.82, 2.24) is 28.9 Å². The molecule has 0 aliphatic carbocycles. The van der Waals surface area contributed by atoms with Crippen molar-refractivity contribution in [2.45, 2.75) is 13.8 Å². The Morgan fingerprint density at radius 2 is 1.76 bits per heavy atom. The maximum atomic E-state index is 4.68. The molecule has 25 heavy (non-hydrogen) atoms. The zero-order valence-corrected chi connectivity index (χ0v) is 14.4. The molecule has 0 spiro atoms. The molecule has 6 nitrogen and oxygen atoms in total. The second-order valence-electron chi connectivity index (χ2n) is 6.04. The molecule has 0 saturated heterocycles. The maximum Gasteiger partial charge on any atom is 0.234 e. The Morgan fingerprint density at radius 3 is 2.56 bits per heavy atom. The summed E-state index contributed by atoms with van der Waals surface area (Å²) in [5.41, 5.74) is 4.92. The van der Waals surface area contributed by atoms with Crippen LogP contribution in [0.25, 0.3) is 29.2 Å². The average Bonchev–Trinajstić information content (AvgIpc) is 3.17. The van der Waals surface area contributed by atoms with Gasteiger partial charge in [-0.3, -0.25) is 9.38 Å². The highest BCUT2D eigenvalue weighted by Gasteiger charge is 2.06. The van der Waals surface area contributed by atoms with E-state index in [0.717, 1.165) is 39.9 Å². The molecule has 0 fully saturated rings. The summed E-state index contributed by atoms with van der Waals surface area (Å²) < 4.78 is 3.99. The third kappa shape index (κ3) is 2.94. The number of imidazole rings is 2. The Balaban J connectivity index is 1.66. The molecule has 0 saturated carbocycles. The molecule has 0 aliphatic rings. The van der Waals surface area contributed by atoms with E-state index < -0.39 is 0 Å². The summed E-state index contributed by atoms with van der Waals surface area (Å²) in [6.07, 6.45) is 11.5. The summed E-state index contributed by atoms with van der Waals surface area (Å²) in [5.74, 6) is 1.58. The predicted molar refractivity (Wildman–Crippen MR) is 97.8 cm³/mol. The molecule has 0 aromatic carbocycles. The van der Waals surface area contributed by atoms with E-state index in [2.05, 4.69) is 26.9 Å². The highest BCUT2D eigenvalue weighted by molar-refractivity contribution is 5.68. The predicted octanol–water partition coefficient (Wildman–Crippen LogP) is 3.31. The molecule has 0 bridgehead atoms. The molecular formula is C19H18N6. The minimum Gasteiger partial charge on any atom is -0.334 e. The van der Waals surface area contributed by atoms with E-state index in [4.69, 9.17) is 0 Å². The van der Waals surface area contributed by atoms with Gasteiger partial charge in [-0.1, -0.05) is 0 Å². The van der Waals surface area contributed by atoms with E-state index in [1.165, 1.54) is 0 Å². The van der Waals surface area contributed by atoms with Gasteiger partial charge in [0.15, 0.2) is 0 Å². The standard InChI is InChI=1S/C19H18N6/c1-13-10-14(2)25-11-16(22-19(25)21-13)4-5-18-23-17(12-24(18)3)15-6-8-20-9-7-15/h4-12H,1-3H3/b5-4+. The normalized spacial score (nSPS) is 11.6. The number of rotatable bonds is 3. The largest absolute Gasteiger partial charge is 0.334 e. The lowest BCUT2D eigenvalue weighted by molar-refractivity contribution is 0.898. The minimum atomic E-state index is 0.717. The summed E-state index contributed by atoms with van der Waals surface area (Å²) in [7, 11) is 1.98. The number of aromatic nitrogens is 6. The van der Waals surface area contributed by atoms with Crippen molar-refractivity contribution in [2.24, 2.45) is 7.05 Å². The van der Waals surface area contributed by atoms with Crippen molar-refractivity contribution in [2.75, 3.05) is 0 Å². The third-order valence-corrected chi connectivity index (χ3v) is 4.07. The first kappa shape index (κ1) is 15.3. The van der Waals surface area contributed by atoms with E-state index in [-0.39, 0.29) is 0 Å². The van der Waals surface area contributed by atoms with Crippen LogP contribution in [-0.2, 0) is 7.05 Å². The zero-order chi connectivity index (χ0) is 17.4. The summed E-state index contributed by atoms with van der Waals surface area (Å²) in [6.45, 7) is 4.03. The first-order chi connectivity index (χ1) is 12.1. The van der Waals surface area contributed by atoms with Crippen LogP contribution in [0.4, 0.5) is 0 Å². The van der Waals surface area contributed by atoms with Crippen LogP contribution in [0.3, 0.4) is 0 Å². The summed E-state index contributed by atoms with van der Waals surface area (Å²) >= 11 is 0. The average molecular weight is 330 g/mol. The molecule has 124 valence electrons. The summed E-state index contributed by atoms with van der Waals surface area (Å²) in [6, 6.07) is 5.95. The van der Waals surface area contributed by atoms with Crippen LogP contribution in [0.2, 0.25) is 0 Å². The van der Waals surface area contributed by atoms with E-state index in [0.29, 0.717) is 0 Å². The lowest BCUT2D eigenvalue weighted by Crippen LogP contribution is -1.94. The van der Waals surface area contributed by atoms with Crippen molar-refractivity contribution >= 4 is 17.9 Å². The second-order valence-corrected chi connectivity index (χ2v) is 6.04. The molecule has 0 aliphatic heterocycles. The lowest BCUT2D eigenvalue weighted by Gasteiger charge is -1.98. The molecule has 4 heterocycles. The number of fused-ring (bicyclic) bond motifs is 1. The highest BCUT2D eigenvalue weighted by atomic mass is 15.1. The smallest absolute Gasteiger partial charge is 0.234 e. The van der Waals surface area contributed by atoms with Gasteiger partial charge >= 0.3 is 0 Å². The fourth-order valence-electron chi connectivity index (χ4n) is 2.83. The van der Waals surface area contributed by atoms with Gasteiger partial charge < -0.3 is 4.57 Å². The topological polar surface area (TPSA) is 60.9 Å². The van der Waals surface area contributed by atoms with Gasteiger partial charge in [0.05, 0.1) is 11.4 Å². The van der Waals surface area contributed by atoms with Crippen molar-refractivity contribution in [3.05, 3.63) is 65.9 Å². The van der Waals surface area contributed by atoms with Crippen molar-refractivity contribution in [3.63, 3.8) is 0 Å². The van der Waals surface area contributed by atoms with Crippen LogP contribution < -0.4 is 0 Å². The number of nitrogens with zero attached hydrogens (tertiary/aromatic N) is 6. The van der Waals surface area contributed by atoms with E-state index >= 15 is 0 Å². The lowest BCUT2D eigenvalue weighted by atomic mass is 10.2. The first-order valence-electron chi connectivity index (χ1n) is 8.05. The Kier molecular flexibility index (Phi) is 3.65. The van der Waals surface area contributed by atoms with Crippen LogP contribution in [-0.4, -0.2) is 28.9 Å². The monoisotopic (exact) mass is 330 g/mol. The molecule has 6 heteroatoms. The quantitative estimate of drug-likeness (QED) is 0.578. The maximum absolute atomic E-state index is 4.68. The molecule has 4 aromatic rings. The van der Waals surface area contributed by atoms with Crippen molar-refractivity contribution < 1.29 is 0 Å². The van der Waals surface area contributed by atoms with Gasteiger partial charge in [-0.05, 0) is 44.2 Å². The highest BCUT2D eigenvalue weighted by Crippen LogP contribution is 2.18. The van der Waals surface area contributed by atoms with Gasteiger partial charge in [0.25, 0.3) is 0 Å². The van der Waals surface area contributed by atoms with Crippen molar-refractivity contribution in [3.8, 4) is 11.3 Å². The van der Waals surface area contributed by atoms with Crippen molar-refractivity contribution in [1.29, 1.82) is 0 Å². The first-order valence-corrected chi connectivity index (χ1v) is 8.05. The molecule has 4 rings (SSSR count). The summed E-state index contributed by atoms with van der Waals surface area (Å²) in [4.78, 5) is 17.8. The number of hydrogen-bond donors (Lipinski definition) is 0. The third-order valence-electron chi connectivity index (χ3n) is 4.07. The van der Waals surface area contributed by atoms with Gasteiger partial charge in [-0.2, -0.15) is 0 Å². The van der Waals surface area contributed by atoms with E-state index in [1.807, 2.05) is 65.7 Å². The van der Waals surface area contributed by atoms with Gasteiger partial charge in [-0.15, -0.1) is 0 Å². The second kappa shape index (κ2) is 5.98. The van der Waals surface area contributed by atoms with Crippen LogP contribution in [0.15, 0.2) is 43.0 Å². The molecule has 4 aromatic heterocycles. The molecular weight excluding hydrogens is 312 g/mol. The van der Waals surface area contributed by atoms with Crippen LogP contribution in [0.5, 0.6) is 0 Å². The Labute approximate surface area is 145 Å².